The van der Waals surface area contributed by atoms with Crippen molar-refractivity contribution in [2.24, 2.45) is 7.05 Å². The summed E-state index contributed by atoms with van der Waals surface area (Å²) < 4.78 is 7.11. The predicted molar refractivity (Wildman–Crippen MR) is 70.1 cm³/mol. The standard InChI is InChI=1S/C13H23N3O2/c1-13(2,3)18-12(17)7-6-11-10(8-14-4)9-15-16(11)5/h9,14H,6-8H2,1-5H3. The van der Waals surface area contributed by atoms with Crippen molar-refractivity contribution < 1.29 is 9.53 Å². The van der Waals surface area contributed by atoms with Crippen LogP contribution < -0.4 is 5.32 Å². The zero-order chi connectivity index (χ0) is 13.8. The maximum Gasteiger partial charge on any atom is 0.306 e. The Hall–Kier alpha value is -1.36. The quantitative estimate of drug-likeness (QED) is 0.806. The highest BCUT2D eigenvalue weighted by atomic mass is 16.6. The highest BCUT2D eigenvalue weighted by molar-refractivity contribution is 5.70. The summed E-state index contributed by atoms with van der Waals surface area (Å²) in [7, 11) is 3.79. The minimum atomic E-state index is -0.419. The second-order valence-electron chi connectivity index (χ2n) is 5.36. The SMILES string of the molecule is CNCc1cnn(C)c1CCC(=O)OC(C)(C)C. The molecular weight excluding hydrogens is 230 g/mol. The lowest BCUT2D eigenvalue weighted by Gasteiger charge is -2.19. The normalized spacial score (nSPS) is 11.6. The van der Waals surface area contributed by atoms with E-state index in [0.717, 1.165) is 17.8 Å². The number of carbonyl (C=O) groups is 1. The Kier molecular flexibility index (Phi) is 4.90. The first-order valence-corrected chi connectivity index (χ1v) is 6.19. The molecule has 5 heteroatoms. The minimum Gasteiger partial charge on any atom is -0.460 e. The van der Waals surface area contributed by atoms with Gasteiger partial charge < -0.3 is 10.1 Å². The van der Waals surface area contributed by atoms with E-state index in [4.69, 9.17) is 4.74 Å². The summed E-state index contributed by atoms with van der Waals surface area (Å²) >= 11 is 0. The van der Waals surface area contributed by atoms with Crippen LogP contribution in [0.15, 0.2) is 6.20 Å². The molecule has 0 bridgehead atoms. The number of hydrogen-bond acceptors (Lipinski definition) is 4. The molecule has 1 aromatic rings. The number of carbonyl (C=O) groups excluding carboxylic acids is 1. The molecule has 0 aliphatic carbocycles. The zero-order valence-electron chi connectivity index (χ0n) is 11.9. The van der Waals surface area contributed by atoms with Crippen LogP contribution in [0.2, 0.25) is 0 Å². The first kappa shape index (κ1) is 14.7. The topological polar surface area (TPSA) is 56.2 Å². The first-order chi connectivity index (χ1) is 8.33. The molecule has 0 spiro atoms. The van der Waals surface area contributed by atoms with Crippen molar-refractivity contribution in [1.82, 2.24) is 15.1 Å². The Morgan fingerprint density at radius 1 is 1.50 bits per heavy atom. The van der Waals surface area contributed by atoms with Gasteiger partial charge in [-0.05, 0) is 27.8 Å². The van der Waals surface area contributed by atoms with E-state index >= 15 is 0 Å². The van der Waals surface area contributed by atoms with Gasteiger partial charge in [-0.3, -0.25) is 9.48 Å². The third-order valence-corrected chi connectivity index (χ3v) is 2.50. The molecule has 0 aliphatic heterocycles. The van der Waals surface area contributed by atoms with Crippen LogP contribution in [0.25, 0.3) is 0 Å². The number of esters is 1. The van der Waals surface area contributed by atoms with E-state index in [1.807, 2.05) is 45.7 Å². The molecule has 0 aromatic carbocycles. The minimum absolute atomic E-state index is 0.167. The molecule has 1 rings (SSSR count). The van der Waals surface area contributed by atoms with Gasteiger partial charge in [0.1, 0.15) is 5.60 Å². The summed E-state index contributed by atoms with van der Waals surface area (Å²) in [4.78, 5) is 11.7. The Morgan fingerprint density at radius 2 is 2.17 bits per heavy atom. The largest absolute Gasteiger partial charge is 0.460 e. The smallest absolute Gasteiger partial charge is 0.306 e. The number of hydrogen-bond donors (Lipinski definition) is 1. The van der Waals surface area contributed by atoms with Crippen LogP contribution in [-0.2, 0) is 29.5 Å². The van der Waals surface area contributed by atoms with Crippen LogP contribution >= 0.6 is 0 Å². The summed E-state index contributed by atoms with van der Waals surface area (Å²) in [5.74, 6) is -0.167. The van der Waals surface area contributed by atoms with Gasteiger partial charge in [0.2, 0.25) is 0 Å². The second kappa shape index (κ2) is 6.00. The van der Waals surface area contributed by atoms with Crippen molar-refractivity contribution in [1.29, 1.82) is 0 Å². The third-order valence-electron chi connectivity index (χ3n) is 2.50. The van der Waals surface area contributed by atoms with Crippen molar-refractivity contribution in [3.8, 4) is 0 Å². The molecule has 0 fully saturated rings. The molecule has 0 saturated heterocycles. The van der Waals surface area contributed by atoms with Crippen LogP contribution in [0.3, 0.4) is 0 Å². The number of nitrogens with one attached hydrogen (secondary N) is 1. The molecule has 1 N–H and O–H groups in total. The molecule has 0 radical (unpaired) electrons. The van der Waals surface area contributed by atoms with Crippen molar-refractivity contribution in [2.45, 2.75) is 45.8 Å². The molecule has 1 aromatic heterocycles. The zero-order valence-corrected chi connectivity index (χ0v) is 11.9. The summed E-state index contributed by atoms with van der Waals surface area (Å²) in [6.07, 6.45) is 2.87. The third kappa shape index (κ3) is 4.49. The molecule has 1 heterocycles. The Morgan fingerprint density at radius 3 is 2.72 bits per heavy atom. The van der Waals surface area contributed by atoms with Gasteiger partial charge in [-0.15, -0.1) is 0 Å². The van der Waals surface area contributed by atoms with Crippen LogP contribution in [0.4, 0.5) is 0 Å². The predicted octanol–water partition coefficient (Wildman–Crippen LogP) is 1.41. The lowest BCUT2D eigenvalue weighted by Crippen LogP contribution is -2.24. The molecule has 0 amide bonds. The second-order valence-corrected chi connectivity index (χ2v) is 5.36. The lowest BCUT2D eigenvalue weighted by molar-refractivity contribution is -0.154. The maximum atomic E-state index is 11.7. The van der Waals surface area contributed by atoms with Crippen molar-refractivity contribution in [2.75, 3.05) is 7.05 Å². The maximum absolute atomic E-state index is 11.7. The Bertz CT molecular complexity index is 405. The number of ether oxygens (including phenoxy) is 1. The summed E-state index contributed by atoms with van der Waals surface area (Å²) in [6, 6.07) is 0. The number of nitrogens with zero attached hydrogens (tertiary/aromatic N) is 2. The van der Waals surface area contributed by atoms with Gasteiger partial charge in [0.15, 0.2) is 0 Å². The van der Waals surface area contributed by atoms with Gasteiger partial charge >= 0.3 is 5.97 Å². The van der Waals surface area contributed by atoms with Crippen molar-refractivity contribution >= 4 is 5.97 Å². The van der Waals surface area contributed by atoms with Crippen LogP contribution in [-0.4, -0.2) is 28.4 Å². The highest BCUT2D eigenvalue weighted by Crippen LogP contribution is 2.13. The lowest BCUT2D eigenvalue weighted by atomic mass is 10.1. The van der Waals surface area contributed by atoms with Crippen LogP contribution in [0.5, 0.6) is 0 Å². The van der Waals surface area contributed by atoms with Gasteiger partial charge in [-0.25, -0.2) is 0 Å². The molecule has 102 valence electrons. The highest BCUT2D eigenvalue weighted by Gasteiger charge is 2.17. The average Bonchev–Trinajstić information content (AvgIpc) is 2.55. The van der Waals surface area contributed by atoms with E-state index in [1.165, 1.54) is 0 Å². The fraction of sp³-hybridized carbons (Fsp3) is 0.692. The fourth-order valence-corrected chi connectivity index (χ4v) is 1.78. The molecule has 0 aliphatic rings. The average molecular weight is 253 g/mol. The Balaban J connectivity index is 2.58. The molecular formula is C13H23N3O2. The molecule has 18 heavy (non-hydrogen) atoms. The number of aryl methyl sites for hydroxylation is 1. The van der Waals surface area contributed by atoms with E-state index in [1.54, 1.807) is 0 Å². The van der Waals surface area contributed by atoms with Crippen LogP contribution in [0.1, 0.15) is 38.4 Å². The van der Waals surface area contributed by atoms with Gasteiger partial charge in [0, 0.05) is 31.3 Å². The molecule has 0 saturated carbocycles. The molecule has 0 unspecified atom stereocenters. The van der Waals surface area contributed by atoms with E-state index in [-0.39, 0.29) is 5.97 Å². The van der Waals surface area contributed by atoms with Crippen LogP contribution in [0, 0.1) is 0 Å². The Labute approximate surface area is 109 Å². The van der Waals surface area contributed by atoms with Crippen molar-refractivity contribution in [3.05, 3.63) is 17.5 Å². The van der Waals surface area contributed by atoms with E-state index in [9.17, 15) is 4.79 Å². The summed E-state index contributed by atoms with van der Waals surface area (Å²) in [6.45, 7) is 6.39. The van der Waals surface area contributed by atoms with E-state index in [2.05, 4.69) is 10.4 Å². The number of aromatic nitrogens is 2. The first-order valence-electron chi connectivity index (χ1n) is 6.19. The van der Waals surface area contributed by atoms with Gasteiger partial charge in [-0.1, -0.05) is 0 Å². The van der Waals surface area contributed by atoms with Gasteiger partial charge in [0.05, 0.1) is 12.6 Å². The molecule has 5 nitrogen and oxygen atoms in total. The van der Waals surface area contributed by atoms with Gasteiger partial charge in [0.25, 0.3) is 0 Å². The summed E-state index contributed by atoms with van der Waals surface area (Å²) in [5.41, 5.74) is 1.79. The molecule has 0 atom stereocenters. The monoisotopic (exact) mass is 253 g/mol. The van der Waals surface area contributed by atoms with E-state index < -0.39 is 5.60 Å². The van der Waals surface area contributed by atoms with E-state index in [0.29, 0.717) is 12.8 Å². The van der Waals surface area contributed by atoms with Gasteiger partial charge in [-0.2, -0.15) is 5.10 Å². The summed E-state index contributed by atoms with van der Waals surface area (Å²) in [5, 5.41) is 7.31. The number of rotatable bonds is 5. The fourth-order valence-electron chi connectivity index (χ4n) is 1.78. The van der Waals surface area contributed by atoms with Crippen molar-refractivity contribution in [3.63, 3.8) is 0 Å².